The van der Waals surface area contributed by atoms with Crippen molar-refractivity contribution in [3.8, 4) is 28.1 Å². The van der Waals surface area contributed by atoms with E-state index in [1.54, 1.807) is 0 Å². The van der Waals surface area contributed by atoms with Crippen LogP contribution in [0.25, 0.3) is 22.4 Å². The predicted molar refractivity (Wildman–Crippen MR) is 119 cm³/mol. The molecule has 0 unspecified atom stereocenters. The number of hydrogen-bond acceptors (Lipinski definition) is 2. The van der Waals surface area contributed by atoms with Gasteiger partial charge in [0.05, 0.1) is 5.69 Å². The van der Waals surface area contributed by atoms with Gasteiger partial charge in [-0.15, -0.1) is 5.46 Å². The molecular formula is C18H18B4ClNO. The third-order valence-corrected chi connectivity index (χ3v) is 5.43. The SMILES string of the molecule is Bc1c(B)c(B)c(-c2cnc(-c3ccc(Cl)cc3)cc2C)c(O)c1B. The number of nitrogens with zero attached hydrogens (tertiary/aromatic N) is 1. The number of halogens is 1. The summed E-state index contributed by atoms with van der Waals surface area (Å²) >= 11 is 5.96. The van der Waals surface area contributed by atoms with E-state index < -0.39 is 0 Å². The molecule has 120 valence electrons. The monoisotopic (exact) mass is 343 g/mol. The molecule has 0 spiro atoms. The highest BCUT2D eigenvalue weighted by atomic mass is 35.5. The topological polar surface area (TPSA) is 33.1 Å². The van der Waals surface area contributed by atoms with E-state index in [-0.39, 0.29) is 0 Å². The zero-order chi connectivity index (χ0) is 18.3. The average molecular weight is 343 g/mol. The van der Waals surface area contributed by atoms with Crippen LogP contribution >= 0.6 is 11.6 Å². The maximum Gasteiger partial charge on any atom is 0.143 e. The molecular weight excluding hydrogens is 325 g/mol. The number of hydrogen-bond donors (Lipinski definition) is 1. The minimum Gasteiger partial charge on any atom is -0.508 e. The van der Waals surface area contributed by atoms with E-state index in [0.29, 0.717) is 10.8 Å². The van der Waals surface area contributed by atoms with Crippen LogP contribution in [0.5, 0.6) is 5.75 Å². The van der Waals surface area contributed by atoms with E-state index in [0.717, 1.165) is 44.3 Å². The van der Waals surface area contributed by atoms with Gasteiger partial charge in [0.1, 0.15) is 37.1 Å². The summed E-state index contributed by atoms with van der Waals surface area (Å²) in [6.07, 6.45) is 1.86. The Bertz CT molecular complexity index is 945. The largest absolute Gasteiger partial charge is 0.508 e. The second-order valence-corrected chi connectivity index (χ2v) is 7.05. The molecule has 0 saturated heterocycles. The highest BCUT2D eigenvalue weighted by Crippen LogP contribution is 2.29. The van der Waals surface area contributed by atoms with Gasteiger partial charge >= 0.3 is 0 Å². The molecule has 0 bridgehead atoms. The van der Waals surface area contributed by atoms with Crippen molar-refractivity contribution in [1.29, 1.82) is 0 Å². The van der Waals surface area contributed by atoms with Gasteiger partial charge in [0.25, 0.3) is 0 Å². The van der Waals surface area contributed by atoms with Crippen molar-refractivity contribution in [3.63, 3.8) is 0 Å². The minimum atomic E-state index is 0.352. The molecule has 0 amide bonds. The Hall–Kier alpha value is -2.06. The number of benzene rings is 2. The van der Waals surface area contributed by atoms with Crippen LogP contribution in [-0.2, 0) is 0 Å². The molecule has 3 rings (SSSR count). The van der Waals surface area contributed by atoms with Crippen molar-refractivity contribution in [1.82, 2.24) is 4.98 Å². The van der Waals surface area contributed by atoms with Crippen LogP contribution in [0.2, 0.25) is 5.02 Å². The Kier molecular flexibility index (Phi) is 4.75. The van der Waals surface area contributed by atoms with Crippen LogP contribution in [0.15, 0.2) is 36.5 Å². The molecule has 1 aromatic heterocycles. The summed E-state index contributed by atoms with van der Waals surface area (Å²) < 4.78 is 0. The maximum atomic E-state index is 10.7. The molecule has 2 aromatic carbocycles. The Morgan fingerprint density at radius 2 is 1.52 bits per heavy atom. The number of aromatic nitrogens is 1. The Morgan fingerprint density at radius 1 is 0.920 bits per heavy atom. The van der Waals surface area contributed by atoms with E-state index in [1.165, 1.54) is 5.46 Å². The normalized spacial score (nSPS) is 10.8. The van der Waals surface area contributed by atoms with Crippen molar-refractivity contribution in [2.24, 2.45) is 0 Å². The molecule has 2 nitrogen and oxygen atoms in total. The van der Waals surface area contributed by atoms with Gasteiger partial charge in [0.15, 0.2) is 0 Å². The van der Waals surface area contributed by atoms with Crippen molar-refractivity contribution >= 4 is 64.8 Å². The minimum absolute atomic E-state index is 0.352. The zero-order valence-electron chi connectivity index (χ0n) is 15.2. The quantitative estimate of drug-likeness (QED) is 0.553. The molecule has 7 heteroatoms. The van der Waals surface area contributed by atoms with Gasteiger partial charge in [-0.25, -0.2) is 0 Å². The summed E-state index contributed by atoms with van der Waals surface area (Å²) in [5.74, 6) is 0.352. The van der Waals surface area contributed by atoms with Gasteiger partial charge in [-0.2, -0.15) is 0 Å². The highest BCUT2D eigenvalue weighted by Gasteiger charge is 2.17. The lowest BCUT2D eigenvalue weighted by atomic mass is 9.64. The molecule has 0 fully saturated rings. The Labute approximate surface area is 157 Å². The third-order valence-electron chi connectivity index (χ3n) is 5.17. The second-order valence-electron chi connectivity index (χ2n) is 6.61. The second kappa shape index (κ2) is 6.68. The predicted octanol–water partition coefficient (Wildman–Crippen LogP) is -1.88. The standard InChI is InChI=1S/C18H18B4ClNO/c1-8-6-12(9-2-4-10(23)5-3-9)24-7-11(8)13-14(19)15(20)16(21)17(22)18(13)25/h2-7,25H,19-22H2,1H3. The molecule has 0 aliphatic rings. The number of pyridine rings is 1. The summed E-state index contributed by atoms with van der Waals surface area (Å²) in [5, 5.41) is 11.4. The summed E-state index contributed by atoms with van der Waals surface area (Å²) in [4.78, 5) is 4.63. The van der Waals surface area contributed by atoms with E-state index in [2.05, 4.69) is 41.5 Å². The average Bonchev–Trinajstić information content (AvgIpc) is 2.60. The number of phenolic OH excluding ortho intramolecular Hbond substituents is 1. The molecule has 1 heterocycles. The Balaban J connectivity index is 2.16. The number of aromatic hydroxyl groups is 1. The summed E-state index contributed by atoms with van der Waals surface area (Å²) in [6, 6.07) is 9.72. The lowest BCUT2D eigenvalue weighted by Crippen LogP contribution is -2.48. The molecule has 25 heavy (non-hydrogen) atoms. The first kappa shape index (κ1) is 17.8. The van der Waals surface area contributed by atoms with Gasteiger partial charge in [-0.1, -0.05) is 40.1 Å². The molecule has 0 aliphatic carbocycles. The molecule has 0 saturated carbocycles. The maximum absolute atomic E-state index is 10.7. The molecule has 0 atom stereocenters. The van der Waals surface area contributed by atoms with E-state index >= 15 is 0 Å². The fourth-order valence-electron chi connectivity index (χ4n) is 3.22. The third kappa shape index (κ3) is 3.11. The lowest BCUT2D eigenvalue weighted by molar-refractivity contribution is 0.482. The Morgan fingerprint density at radius 3 is 2.12 bits per heavy atom. The number of aryl methyl sites for hydroxylation is 1. The fourth-order valence-corrected chi connectivity index (χ4v) is 3.34. The summed E-state index contributed by atoms with van der Waals surface area (Å²) in [5.41, 5.74) is 9.25. The molecule has 1 N–H and O–H groups in total. The van der Waals surface area contributed by atoms with Gasteiger partial charge in [0, 0.05) is 27.9 Å². The smallest absolute Gasteiger partial charge is 0.143 e. The van der Waals surface area contributed by atoms with Crippen LogP contribution in [0.3, 0.4) is 0 Å². The van der Waals surface area contributed by atoms with Crippen molar-refractivity contribution < 1.29 is 5.11 Å². The fraction of sp³-hybridized carbons (Fsp3) is 0.0556. The van der Waals surface area contributed by atoms with E-state index in [9.17, 15) is 5.11 Å². The highest BCUT2D eigenvalue weighted by molar-refractivity contribution is 6.64. The first-order valence-electron chi connectivity index (χ1n) is 8.33. The van der Waals surface area contributed by atoms with E-state index in [4.69, 9.17) is 11.6 Å². The molecule has 3 aromatic rings. The lowest BCUT2D eigenvalue weighted by Gasteiger charge is -2.19. The number of phenols is 1. The molecule has 0 radical (unpaired) electrons. The summed E-state index contributed by atoms with van der Waals surface area (Å²) in [7, 11) is 8.18. The van der Waals surface area contributed by atoms with Crippen molar-refractivity contribution in [3.05, 3.63) is 47.1 Å². The molecule has 0 aliphatic heterocycles. The van der Waals surface area contributed by atoms with Crippen LogP contribution in [0.4, 0.5) is 0 Å². The van der Waals surface area contributed by atoms with Crippen molar-refractivity contribution in [2.45, 2.75) is 6.92 Å². The zero-order valence-corrected chi connectivity index (χ0v) is 16.0. The van der Waals surface area contributed by atoms with Crippen LogP contribution < -0.4 is 21.9 Å². The van der Waals surface area contributed by atoms with E-state index in [1.807, 2.05) is 38.3 Å². The first-order chi connectivity index (χ1) is 11.8. The summed E-state index contributed by atoms with van der Waals surface area (Å²) in [6.45, 7) is 2.06. The van der Waals surface area contributed by atoms with Gasteiger partial charge in [-0.05, 0) is 30.7 Å². The number of rotatable bonds is 2. The first-order valence-corrected chi connectivity index (χ1v) is 8.71. The van der Waals surface area contributed by atoms with Crippen LogP contribution in [0, 0.1) is 6.92 Å². The van der Waals surface area contributed by atoms with Gasteiger partial charge in [-0.3, -0.25) is 4.98 Å². The van der Waals surface area contributed by atoms with Crippen LogP contribution in [-0.4, -0.2) is 41.5 Å². The van der Waals surface area contributed by atoms with Gasteiger partial charge in [0.2, 0.25) is 0 Å². The van der Waals surface area contributed by atoms with Crippen molar-refractivity contribution in [2.75, 3.05) is 0 Å². The van der Waals surface area contributed by atoms with Gasteiger partial charge < -0.3 is 5.11 Å². The van der Waals surface area contributed by atoms with Crippen LogP contribution in [0.1, 0.15) is 5.56 Å².